The molecule has 7 nitrogen and oxygen atoms in total. The fraction of sp³-hybridized carbons (Fsp3) is 0.429. The lowest BCUT2D eigenvalue weighted by Gasteiger charge is -2.10. The first-order valence-electron chi connectivity index (χ1n) is 7.38. The summed E-state index contributed by atoms with van der Waals surface area (Å²) in [4.78, 5) is 11.3. The molecule has 3 rings (SSSR count). The zero-order valence-electron chi connectivity index (χ0n) is 12.5. The number of carbonyl (C=O) groups is 1. The second-order valence-electron chi connectivity index (χ2n) is 5.50. The van der Waals surface area contributed by atoms with Gasteiger partial charge in [0.25, 0.3) is 0 Å². The fourth-order valence-electron chi connectivity index (χ4n) is 2.13. The van der Waals surface area contributed by atoms with Gasteiger partial charge in [-0.25, -0.2) is 4.68 Å². The van der Waals surface area contributed by atoms with Crippen molar-refractivity contribution in [1.29, 1.82) is 0 Å². The molecular weight excluding hydrogens is 325 g/mol. The van der Waals surface area contributed by atoms with Gasteiger partial charge in [-0.1, -0.05) is 0 Å². The number of nitrogens with one attached hydrogen (secondary N) is 2. The molecule has 1 aromatic heterocycles. The van der Waals surface area contributed by atoms with E-state index >= 15 is 0 Å². The molecule has 1 saturated carbocycles. The molecule has 1 aromatic carbocycles. The Hall–Kier alpha value is -2.65. The van der Waals surface area contributed by atoms with Crippen molar-refractivity contribution in [3.05, 3.63) is 24.3 Å². The number of carbonyl (C=O) groups excluding carboxylic acids is 1. The van der Waals surface area contributed by atoms with Gasteiger partial charge in [0.15, 0.2) is 5.82 Å². The van der Waals surface area contributed by atoms with Gasteiger partial charge in [0.2, 0.25) is 5.91 Å². The van der Waals surface area contributed by atoms with E-state index in [1.165, 1.54) is 0 Å². The van der Waals surface area contributed by atoms with Gasteiger partial charge in [0, 0.05) is 11.3 Å². The summed E-state index contributed by atoms with van der Waals surface area (Å²) in [5.74, 6) is -0.0546. The summed E-state index contributed by atoms with van der Waals surface area (Å²) < 4.78 is 37.8. The Kier molecular flexibility index (Phi) is 4.36. The number of halogens is 3. The first-order chi connectivity index (χ1) is 11.4. The Morgan fingerprint density at radius 3 is 2.58 bits per heavy atom. The molecule has 10 heteroatoms. The molecule has 0 aliphatic heterocycles. The molecule has 1 amide bonds. The minimum atomic E-state index is -4.41. The molecule has 0 unspecified atom stereocenters. The Morgan fingerprint density at radius 2 is 1.96 bits per heavy atom. The fourth-order valence-corrected chi connectivity index (χ4v) is 2.13. The van der Waals surface area contributed by atoms with E-state index in [4.69, 9.17) is 0 Å². The number of tetrazole rings is 1. The van der Waals surface area contributed by atoms with Crippen molar-refractivity contribution in [3.63, 3.8) is 0 Å². The van der Waals surface area contributed by atoms with Gasteiger partial charge in [0.1, 0.15) is 6.54 Å². The Balaban J connectivity index is 1.55. The number of nitrogens with zero attached hydrogens (tertiary/aromatic N) is 4. The number of rotatable bonds is 6. The van der Waals surface area contributed by atoms with Crippen LogP contribution in [0.25, 0.3) is 11.4 Å². The quantitative estimate of drug-likeness (QED) is 0.837. The van der Waals surface area contributed by atoms with Gasteiger partial charge in [-0.05, 0) is 47.5 Å². The van der Waals surface area contributed by atoms with Crippen molar-refractivity contribution in [2.24, 2.45) is 0 Å². The number of anilines is 1. The van der Waals surface area contributed by atoms with Crippen LogP contribution in [0.1, 0.15) is 18.9 Å². The summed E-state index contributed by atoms with van der Waals surface area (Å²) in [6, 6.07) is 7.38. The van der Waals surface area contributed by atoms with Crippen LogP contribution in [0.3, 0.4) is 0 Å². The predicted octanol–water partition coefficient (Wildman–Crippen LogP) is 1.77. The highest BCUT2D eigenvalue weighted by atomic mass is 19.4. The number of alkyl halides is 3. The standard InChI is InChI=1S/C14H15F3N6O/c15-14(16,17)8-19-12(24)7-18-10-3-1-9(2-4-10)13-20-21-22-23(13)11-5-6-11/h1-4,11,18H,5-8H2,(H,19,24). The molecule has 0 bridgehead atoms. The Labute approximate surface area is 135 Å². The van der Waals surface area contributed by atoms with E-state index in [1.807, 2.05) is 0 Å². The highest BCUT2D eigenvalue weighted by Gasteiger charge is 2.28. The molecule has 2 N–H and O–H groups in total. The summed E-state index contributed by atoms with van der Waals surface area (Å²) >= 11 is 0. The van der Waals surface area contributed by atoms with Gasteiger partial charge in [0.05, 0.1) is 12.6 Å². The third-order valence-electron chi connectivity index (χ3n) is 3.47. The zero-order valence-corrected chi connectivity index (χ0v) is 12.5. The number of benzene rings is 1. The largest absolute Gasteiger partial charge is 0.405 e. The van der Waals surface area contributed by atoms with Crippen LogP contribution in [0.5, 0.6) is 0 Å². The summed E-state index contributed by atoms with van der Waals surface area (Å²) in [6.45, 7) is -1.58. The molecule has 24 heavy (non-hydrogen) atoms. The molecule has 128 valence electrons. The minimum absolute atomic E-state index is 0.241. The molecule has 1 aliphatic rings. The van der Waals surface area contributed by atoms with E-state index in [0.29, 0.717) is 17.6 Å². The van der Waals surface area contributed by atoms with Crippen molar-refractivity contribution in [3.8, 4) is 11.4 Å². The Morgan fingerprint density at radius 1 is 1.25 bits per heavy atom. The molecular formula is C14H15F3N6O. The topological polar surface area (TPSA) is 84.7 Å². The number of hydrogen-bond donors (Lipinski definition) is 2. The molecule has 1 aliphatic carbocycles. The third kappa shape index (κ3) is 4.21. The summed E-state index contributed by atoms with van der Waals surface area (Å²) in [5, 5.41) is 16.2. The lowest BCUT2D eigenvalue weighted by molar-refractivity contribution is -0.137. The number of hydrogen-bond acceptors (Lipinski definition) is 5. The van der Waals surface area contributed by atoms with Gasteiger partial charge in [-0.2, -0.15) is 13.2 Å². The average Bonchev–Trinajstić information content (AvgIpc) is 3.28. The minimum Gasteiger partial charge on any atom is -0.376 e. The van der Waals surface area contributed by atoms with Gasteiger partial charge < -0.3 is 10.6 Å². The van der Waals surface area contributed by atoms with Crippen LogP contribution in [-0.2, 0) is 4.79 Å². The van der Waals surface area contributed by atoms with Crippen molar-refractivity contribution in [1.82, 2.24) is 25.5 Å². The van der Waals surface area contributed by atoms with E-state index in [2.05, 4.69) is 20.8 Å². The second kappa shape index (κ2) is 6.46. The lowest BCUT2D eigenvalue weighted by Crippen LogP contribution is -2.37. The maximum atomic E-state index is 12.0. The Bertz CT molecular complexity index is 708. The predicted molar refractivity (Wildman–Crippen MR) is 79.1 cm³/mol. The molecule has 0 atom stereocenters. The monoisotopic (exact) mass is 340 g/mol. The summed E-state index contributed by atoms with van der Waals surface area (Å²) in [7, 11) is 0. The highest BCUT2D eigenvalue weighted by molar-refractivity contribution is 5.80. The smallest absolute Gasteiger partial charge is 0.376 e. The van der Waals surface area contributed by atoms with Crippen LogP contribution >= 0.6 is 0 Å². The molecule has 0 radical (unpaired) electrons. The van der Waals surface area contributed by atoms with Gasteiger partial charge in [-0.3, -0.25) is 4.79 Å². The molecule has 0 spiro atoms. The van der Waals surface area contributed by atoms with Crippen LogP contribution in [0.15, 0.2) is 24.3 Å². The van der Waals surface area contributed by atoms with E-state index in [-0.39, 0.29) is 6.54 Å². The van der Waals surface area contributed by atoms with Crippen LogP contribution in [0, 0.1) is 0 Å². The molecule has 2 aromatic rings. The van der Waals surface area contributed by atoms with Crippen LogP contribution in [0.4, 0.5) is 18.9 Å². The number of aromatic nitrogens is 4. The first-order valence-corrected chi connectivity index (χ1v) is 7.38. The third-order valence-corrected chi connectivity index (χ3v) is 3.47. The molecule has 0 saturated heterocycles. The summed E-state index contributed by atoms with van der Waals surface area (Å²) in [5.41, 5.74) is 1.45. The lowest BCUT2D eigenvalue weighted by atomic mass is 10.2. The van der Waals surface area contributed by atoms with E-state index in [1.54, 1.807) is 34.3 Å². The SMILES string of the molecule is O=C(CNc1ccc(-c2nnnn2C2CC2)cc1)NCC(F)(F)F. The average molecular weight is 340 g/mol. The number of amides is 1. The van der Waals surface area contributed by atoms with E-state index in [0.717, 1.165) is 18.4 Å². The van der Waals surface area contributed by atoms with Gasteiger partial charge >= 0.3 is 6.18 Å². The normalized spacial score (nSPS) is 14.5. The maximum absolute atomic E-state index is 12.0. The van der Waals surface area contributed by atoms with Crippen molar-refractivity contribution in [2.75, 3.05) is 18.4 Å². The highest BCUT2D eigenvalue weighted by Crippen LogP contribution is 2.36. The second-order valence-corrected chi connectivity index (χ2v) is 5.50. The maximum Gasteiger partial charge on any atom is 0.405 e. The van der Waals surface area contributed by atoms with Crippen molar-refractivity contribution < 1.29 is 18.0 Å². The van der Waals surface area contributed by atoms with E-state index in [9.17, 15) is 18.0 Å². The molecule has 1 fully saturated rings. The van der Waals surface area contributed by atoms with Gasteiger partial charge in [-0.15, -0.1) is 5.10 Å². The van der Waals surface area contributed by atoms with Crippen molar-refractivity contribution in [2.45, 2.75) is 25.1 Å². The first kappa shape index (κ1) is 16.2. The van der Waals surface area contributed by atoms with Crippen LogP contribution in [-0.4, -0.2) is 45.4 Å². The molecule has 1 heterocycles. The van der Waals surface area contributed by atoms with Crippen LogP contribution in [0.2, 0.25) is 0 Å². The zero-order chi connectivity index (χ0) is 17.2. The van der Waals surface area contributed by atoms with Crippen LogP contribution < -0.4 is 10.6 Å². The van der Waals surface area contributed by atoms with Crippen molar-refractivity contribution >= 4 is 11.6 Å². The van der Waals surface area contributed by atoms with E-state index < -0.39 is 18.6 Å². The summed E-state index contributed by atoms with van der Waals surface area (Å²) in [6.07, 6.45) is -2.29.